The number of rotatable bonds is 2. The zero-order valence-electron chi connectivity index (χ0n) is 28.0. The quantitative estimate of drug-likeness (QED) is 0.148. The van der Waals surface area contributed by atoms with Crippen molar-refractivity contribution in [2.24, 2.45) is 0 Å². The fourth-order valence-electron chi connectivity index (χ4n) is 7.18. The first-order valence-corrected chi connectivity index (χ1v) is 14.9. The third-order valence-corrected chi connectivity index (χ3v) is 9.45. The lowest BCUT2D eigenvalue weighted by Gasteiger charge is -2.22. The van der Waals surface area contributed by atoms with Gasteiger partial charge in [-0.25, -0.2) is 0 Å². The maximum absolute atomic E-state index is 9.30. The van der Waals surface area contributed by atoms with Crippen LogP contribution in [0.2, 0.25) is 0 Å². The molecule has 0 radical (unpaired) electrons. The largest absolute Gasteiger partial charge is 0.0629 e. The standard InChI is InChI=1S/C43H30/c1-43(2)40-26-34(20-21-37(40)39-24-32-10-5-6-11-33(32)25-41(39)43)27-14-16-28(17-15-27)36-13-7-12-29-18-19-35-22-30-8-3-4-9-31(30)23-38(35)42(29)36/h3-26H,1-2H3/i14D,15D,16D,17D. The van der Waals surface area contributed by atoms with Gasteiger partial charge in [0.05, 0.1) is 5.48 Å². The first kappa shape index (κ1) is 20.6. The molecule has 0 heterocycles. The summed E-state index contributed by atoms with van der Waals surface area (Å²) in [4.78, 5) is 0. The van der Waals surface area contributed by atoms with Gasteiger partial charge in [0.1, 0.15) is 0 Å². The molecule has 1 aliphatic carbocycles. The van der Waals surface area contributed by atoms with Crippen LogP contribution in [0.3, 0.4) is 0 Å². The van der Waals surface area contributed by atoms with Crippen molar-refractivity contribution in [1.29, 1.82) is 0 Å². The average Bonchev–Trinajstić information content (AvgIpc) is 3.30. The highest BCUT2D eigenvalue weighted by Gasteiger charge is 2.35. The van der Waals surface area contributed by atoms with Gasteiger partial charge in [-0.15, -0.1) is 0 Å². The summed E-state index contributed by atoms with van der Waals surface area (Å²) < 4.78 is 37.1. The summed E-state index contributed by atoms with van der Waals surface area (Å²) >= 11 is 0. The van der Waals surface area contributed by atoms with Gasteiger partial charge in [-0.05, 0) is 118 Å². The minimum absolute atomic E-state index is 0.0253. The fraction of sp³-hybridized carbons (Fsp3) is 0.0698. The van der Waals surface area contributed by atoms with Crippen molar-refractivity contribution in [3.63, 3.8) is 0 Å². The van der Waals surface area contributed by atoms with Crippen LogP contribution in [-0.2, 0) is 5.41 Å². The van der Waals surface area contributed by atoms with Crippen molar-refractivity contribution in [1.82, 2.24) is 0 Å². The molecule has 0 heteroatoms. The van der Waals surface area contributed by atoms with Crippen molar-refractivity contribution in [3.05, 3.63) is 157 Å². The van der Waals surface area contributed by atoms with Gasteiger partial charge in [-0.2, -0.15) is 0 Å². The Morgan fingerprint density at radius 2 is 1.02 bits per heavy atom. The lowest BCUT2D eigenvalue weighted by Crippen LogP contribution is -2.15. The van der Waals surface area contributed by atoms with Crippen LogP contribution in [0.1, 0.15) is 30.5 Å². The van der Waals surface area contributed by atoms with E-state index in [1.807, 2.05) is 36.4 Å². The number of fused-ring (bicyclic) bond motifs is 8. The molecule has 8 aromatic rings. The molecule has 0 amide bonds. The van der Waals surface area contributed by atoms with Crippen molar-refractivity contribution in [2.75, 3.05) is 0 Å². The van der Waals surface area contributed by atoms with Gasteiger partial charge >= 0.3 is 0 Å². The molecule has 8 aromatic carbocycles. The monoisotopic (exact) mass is 550 g/mol. The maximum atomic E-state index is 9.30. The smallest absolute Gasteiger partial charge is 0.0616 e. The second-order valence-corrected chi connectivity index (χ2v) is 12.3. The normalized spacial score (nSPS) is 14.8. The van der Waals surface area contributed by atoms with Crippen LogP contribution in [0, 0.1) is 0 Å². The third kappa shape index (κ3) is 3.63. The van der Waals surface area contributed by atoms with Crippen LogP contribution >= 0.6 is 0 Å². The summed E-state index contributed by atoms with van der Waals surface area (Å²) in [6.45, 7) is 4.45. The molecule has 202 valence electrons. The summed E-state index contributed by atoms with van der Waals surface area (Å²) in [7, 11) is 0. The molecule has 0 unspecified atom stereocenters. The Morgan fingerprint density at radius 1 is 0.419 bits per heavy atom. The summed E-state index contributed by atoms with van der Waals surface area (Å²) in [5.41, 5.74) is 6.55. The van der Waals surface area contributed by atoms with Gasteiger partial charge in [0.25, 0.3) is 0 Å². The minimum Gasteiger partial charge on any atom is -0.0616 e. The van der Waals surface area contributed by atoms with Gasteiger partial charge in [-0.3, -0.25) is 0 Å². The van der Waals surface area contributed by atoms with Gasteiger partial charge in [-0.1, -0.05) is 129 Å². The number of hydrogen-bond acceptors (Lipinski definition) is 0. The van der Waals surface area contributed by atoms with Gasteiger partial charge in [0.15, 0.2) is 0 Å². The average molecular weight is 551 g/mol. The molecule has 0 N–H and O–H groups in total. The molecular weight excluding hydrogens is 516 g/mol. The van der Waals surface area contributed by atoms with Crippen molar-refractivity contribution < 1.29 is 5.48 Å². The summed E-state index contributed by atoms with van der Waals surface area (Å²) in [5.74, 6) is 0. The molecule has 0 nitrogen and oxygen atoms in total. The Labute approximate surface area is 257 Å². The Bertz CT molecular complexity index is 2620. The SMILES string of the molecule is [2H]c1c([2H])c(-c2cccc3ccc4cc5ccccc5cc4c23)c([2H])c([2H])c1-c1ccc2c(c1)C(C)(C)c1cc3ccccc3cc1-2. The Kier molecular flexibility index (Phi) is 4.27. The molecule has 0 fully saturated rings. The van der Waals surface area contributed by atoms with Gasteiger partial charge in [0.2, 0.25) is 0 Å². The topological polar surface area (TPSA) is 0 Å². The fourth-order valence-corrected chi connectivity index (χ4v) is 7.18. The van der Waals surface area contributed by atoms with Crippen molar-refractivity contribution >= 4 is 43.1 Å². The lowest BCUT2D eigenvalue weighted by atomic mass is 9.81. The predicted molar refractivity (Wildman–Crippen MR) is 185 cm³/mol. The van der Waals surface area contributed by atoms with Crippen LogP contribution in [-0.4, -0.2) is 0 Å². The third-order valence-electron chi connectivity index (χ3n) is 9.45. The van der Waals surface area contributed by atoms with Crippen LogP contribution < -0.4 is 0 Å². The molecule has 0 saturated carbocycles. The highest BCUT2D eigenvalue weighted by Crippen LogP contribution is 2.51. The minimum atomic E-state index is -0.281. The van der Waals surface area contributed by atoms with Crippen molar-refractivity contribution in [2.45, 2.75) is 19.3 Å². The van der Waals surface area contributed by atoms with E-state index >= 15 is 0 Å². The molecule has 0 saturated heterocycles. The summed E-state index contributed by atoms with van der Waals surface area (Å²) in [6, 6.07) is 41.7. The first-order chi connectivity index (χ1) is 22.7. The van der Waals surface area contributed by atoms with E-state index in [4.69, 9.17) is 0 Å². The second kappa shape index (κ2) is 8.90. The highest BCUT2D eigenvalue weighted by atomic mass is 14.4. The van der Waals surface area contributed by atoms with E-state index in [2.05, 4.69) is 98.8 Å². The Morgan fingerprint density at radius 3 is 1.79 bits per heavy atom. The zero-order chi connectivity index (χ0) is 32.2. The van der Waals surface area contributed by atoms with E-state index in [1.54, 1.807) is 0 Å². The molecule has 0 atom stereocenters. The van der Waals surface area contributed by atoms with Gasteiger partial charge in [0, 0.05) is 5.41 Å². The molecule has 1 aliphatic rings. The molecule has 0 aromatic heterocycles. The molecule has 43 heavy (non-hydrogen) atoms. The zero-order valence-corrected chi connectivity index (χ0v) is 24.0. The van der Waals surface area contributed by atoms with E-state index in [0.717, 1.165) is 43.4 Å². The molecule has 9 rings (SSSR count). The summed E-state index contributed by atoms with van der Waals surface area (Å²) in [6.07, 6.45) is 0. The first-order valence-electron chi connectivity index (χ1n) is 16.9. The van der Waals surface area contributed by atoms with Crippen LogP contribution in [0.25, 0.3) is 76.5 Å². The van der Waals surface area contributed by atoms with Gasteiger partial charge < -0.3 is 0 Å². The molecule has 0 spiro atoms. The number of benzene rings is 8. The molecule has 0 bridgehead atoms. The van der Waals surface area contributed by atoms with Crippen molar-refractivity contribution in [3.8, 4) is 33.4 Å². The van der Waals surface area contributed by atoms with E-state index in [9.17, 15) is 5.48 Å². The maximum Gasteiger partial charge on any atom is 0.0629 e. The van der Waals surface area contributed by atoms with E-state index in [1.165, 1.54) is 21.9 Å². The highest BCUT2D eigenvalue weighted by molar-refractivity contribution is 6.17. The summed E-state index contributed by atoms with van der Waals surface area (Å²) in [5, 5.41) is 8.72. The van der Waals surface area contributed by atoms with Crippen LogP contribution in [0.4, 0.5) is 0 Å². The Hall–Kier alpha value is -5.20. The van der Waals surface area contributed by atoms with Crippen LogP contribution in [0.5, 0.6) is 0 Å². The predicted octanol–water partition coefficient (Wildman–Crippen LogP) is 11.9. The second-order valence-electron chi connectivity index (χ2n) is 12.3. The molecule has 0 aliphatic heterocycles. The van der Waals surface area contributed by atoms with E-state index < -0.39 is 0 Å². The van der Waals surface area contributed by atoms with E-state index in [-0.39, 0.29) is 29.6 Å². The number of hydrogen-bond donors (Lipinski definition) is 0. The Balaban J connectivity index is 1.24. The van der Waals surface area contributed by atoms with E-state index in [0.29, 0.717) is 22.3 Å². The lowest BCUT2D eigenvalue weighted by molar-refractivity contribution is 0.661. The molecular formula is C43H30. The van der Waals surface area contributed by atoms with Crippen LogP contribution in [0.15, 0.2) is 145 Å².